The van der Waals surface area contributed by atoms with Gasteiger partial charge in [0.1, 0.15) is 5.37 Å². The van der Waals surface area contributed by atoms with E-state index < -0.39 is 10.8 Å². The van der Waals surface area contributed by atoms with Crippen LogP contribution in [-0.2, 0) is 4.79 Å². The Morgan fingerprint density at radius 2 is 1.85 bits per heavy atom. The summed E-state index contributed by atoms with van der Waals surface area (Å²) in [5.41, 5.74) is 3.51. The zero-order chi connectivity index (χ0) is 23.5. The molecule has 3 aromatic rings. The van der Waals surface area contributed by atoms with Gasteiger partial charge < -0.3 is 5.32 Å². The number of nitro groups is 1. The lowest BCUT2D eigenvalue weighted by molar-refractivity contribution is -0.384. The van der Waals surface area contributed by atoms with Gasteiger partial charge in [0.2, 0.25) is 5.91 Å². The number of benzene rings is 3. The molecule has 0 bridgehead atoms. The summed E-state index contributed by atoms with van der Waals surface area (Å²) in [5.74, 6) is 0.249. The summed E-state index contributed by atoms with van der Waals surface area (Å²) >= 11 is 1.54. The van der Waals surface area contributed by atoms with Gasteiger partial charge in [-0.1, -0.05) is 50.2 Å². The van der Waals surface area contributed by atoms with Crippen molar-refractivity contribution in [1.29, 1.82) is 0 Å². The van der Waals surface area contributed by atoms with Gasteiger partial charge in [-0.15, -0.1) is 11.8 Å². The van der Waals surface area contributed by atoms with Crippen molar-refractivity contribution in [2.24, 2.45) is 0 Å². The summed E-state index contributed by atoms with van der Waals surface area (Å²) in [7, 11) is 0. The molecule has 33 heavy (non-hydrogen) atoms. The van der Waals surface area contributed by atoms with Gasteiger partial charge in [0, 0.05) is 29.1 Å². The molecule has 1 fully saturated rings. The van der Waals surface area contributed by atoms with Crippen LogP contribution in [0.1, 0.15) is 46.6 Å². The second-order valence-electron chi connectivity index (χ2n) is 8.03. The fourth-order valence-electron chi connectivity index (χ4n) is 3.86. The van der Waals surface area contributed by atoms with Crippen molar-refractivity contribution >= 4 is 40.6 Å². The predicted molar refractivity (Wildman–Crippen MR) is 131 cm³/mol. The summed E-state index contributed by atoms with van der Waals surface area (Å²) in [6, 6.07) is 20.9. The maximum Gasteiger partial charge on any atom is 0.270 e. The smallest absolute Gasteiger partial charge is 0.270 e. The zero-order valence-corrected chi connectivity index (χ0v) is 19.0. The van der Waals surface area contributed by atoms with Gasteiger partial charge in [-0.25, -0.2) is 0 Å². The Balaban J connectivity index is 1.61. The van der Waals surface area contributed by atoms with E-state index in [0.717, 1.165) is 16.8 Å². The van der Waals surface area contributed by atoms with Crippen LogP contribution in [-0.4, -0.2) is 22.5 Å². The molecule has 0 aliphatic carbocycles. The number of hydrogen-bond donors (Lipinski definition) is 1. The molecule has 1 aliphatic heterocycles. The molecule has 168 valence electrons. The lowest BCUT2D eigenvalue weighted by atomic mass is 10.00. The van der Waals surface area contributed by atoms with Crippen molar-refractivity contribution in [2.75, 3.05) is 16.0 Å². The Kier molecular flexibility index (Phi) is 6.46. The van der Waals surface area contributed by atoms with Gasteiger partial charge in [-0.2, -0.15) is 0 Å². The van der Waals surface area contributed by atoms with Gasteiger partial charge in [-0.05, 0) is 41.3 Å². The number of thioether (sulfide) groups is 1. The third-order valence-electron chi connectivity index (χ3n) is 5.43. The fraction of sp³-hybridized carbons (Fsp3) is 0.200. The van der Waals surface area contributed by atoms with Gasteiger partial charge >= 0.3 is 0 Å². The van der Waals surface area contributed by atoms with Crippen LogP contribution in [0, 0.1) is 10.1 Å². The molecule has 1 aliphatic rings. The molecular formula is C25H23N3O4S. The fourth-order valence-corrected chi connectivity index (χ4v) is 5.02. The monoisotopic (exact) mass is 461 g/mol. The standard InChI is InChI=1S/C25H23N3O4S/c1-16(2)21-11-3-4-12-22(21)27-23(29)15-33-25(27)18-8-5-9-19(13-18)26-24(30)17-7-6-10-20(14-17)28(31)32/h3-14,16,25H,15H2,1-2H3,(H,26,30). The molecule has 1 heterocycles. The number of carbonyl (C=O) groups is 2. The van der Waals surface area contributed by atoms with Crippen molar-refractivity contribution in [1.82, 2.24) is 0 Å². The molecule has 8 heteroatoms. The molecule has 0 radical (unpaired) electrons. The average molecular weight is 462 g/mol. The second-order valence-corrected chi connectivity index (χ2v) is 9.10. The van der Waals surface area contributed by atoms with Gasteiger partial charge in [0.15, 0.2) is 0 Å². The Hall–Kier alpha value is -3.65. The average Bonchev–Trinajstić information content (AvgIpc) is 3.20. The number of nitrogens with zero attached hydrogens (tertiary/aromatic N) is 2. The van der Waals surface area contributed by atoms with Gasteiger partial charge in [0.25, 0.3) is 11.6 Å². The molecule has 1 saturated heterocycles. The third kappa shape index (κ3) is 4.75. The highest BCUT2D eigenvalue weighted by atomic mass is 32.2. The quantitative estimate of drug-likeness (QED) is 0.373. The van der Waals surface area contributed by atoms with E-state index in [9.17, 15) is 19.7 Å². The van der Waals surface area contributed by atoms with Crippen LogP contribution in [0.15, 0.2) is 72.8 Å². The maximum atomic E-state index is 12.8. The van der Waals surface area contributed by atoms with E-state index >= 15 is 0 Å². The summed E-state index contributed by atoms with van der Waals surface area (Å²) < 4.78 is 0. The van der Waals surface area contributed by atoms with E-state index in [1.165, 1.54) is 24.3 Å². The Bertz CT molecular complexity index is 1230. The number of para-hydroxylation sites is 1. The first-order chi connectivity index (χ1) is 15.8. The molecule has 3 aromatic carbocycles. The zero-order valence-electron chi connectivity index (χ0n) is 18.2. The SMILES string of the molecule is CC(C)c1ccccc1N1C(=O)CSC1c1cccc(NC(=O)c2cccc([N+](=O)[O-])c2)c1. The molecule has 2 amide bonds. The molecule has 4 rings (SSSR count). The van der Waals surface area contributed by atoms with E-state index in [1.807, 2.05) is 47.4 Å². The molecule has 0 saturated carbocycles. The number of non-ortho nitro benzene ring substituents is 1. The molecule has 0 aromatic heterocycles. The number of nitrogens with one attached hydrogen (secondary N) is 1. The third-order valence-corrected chi connectivity index (χ3v) is 6.65. The Morgan fingerprint density at radius 1 is 1.09 bits per heavy atom. The van der Waals surface area contributed by atoms with E-state index in [1.54, 1.807) is 17.8 Å². The van der Waals surface area contributed by atoms with Gasteiger partial charge in [0.05, 0.1) is 10.7 Å². The number of amides is 2. The number of carbonyl (C=O) groups excluding carboxylic acids is 2. The molecule has 1 atom stereocenters. The highest BCUT2D eigenvalue weighted by molar-refractivity contribution is 8.00. The van der Waals surface area contributed by atoms with Crippen LogP contribution in [0.5, 0.6) is 0 Å². The summed E-state index contributed by atoms with van der Waals surface area (Å²) in [4.78, 5) is 37.8. The second kappa shape index (κ2) is 9.46. The van der Waals surface area contributed by atoms with Crippen LogP contribution in [0.2, 0.25) is 0 Å². The van der Waals surface area contributed by atoms with Gasteiger partial charge in [-0.3, -0.25) is 24.6 Å². The van der Waals surface area contributed by atoms with Crippen molar-refractivity contribution < 1.29 is 14.5 Å². The van der Waals surface area contributed by atoms with E-state index in [4.69, 9.17) is 0 Å². The van der Waals surface area contributed by atoms with Crippen LogP contribution in [0.25, 0.3) is 0 Å². The summed E-state index contributed by atoms with van der Waals surface area (Å²) in [6.07, 6.45) is 0. The maximum absolute atomic E-state index is 12.8. The van der Waals surface area contributed by atoms with E-state index in [-0.39, 0.29) is 28.4 Å². The highest BCUT2D eigenvalue weighted by Crippen LogP contribution is 2.44. The largest absolute Gasteiger partial charge is 0.322 e. The highest BCUT2D eigenvalue weighted by Gasteiger charge is 2.35. The van der Waals surface area contributed by atoms with Crippen LogP contribution < -0.4 is 10.2 Å². The van der Waals surface area contributed by atoms with Crippen LogP contribution >= 0.6 is 11.8 Å². The summed E-state index contributed by atoms with van der Waals surface area (Å²) in [5, 5.41) is 13.6. The molecule has 0 spiro atoms. The van der Waals surface area contributed by atoms with Crippen molar-refractivity contribution in [3.8, 4) is 0 Å². The summed E-state index contributed by atoms with van der Waals surface area (Å²) in [6.45, 7) is 4.21. The first kappa shape index (κ1) is 22.5. The minimum atomic E-state index is -0.532. The molecular weight excluding hydrogens is 438 g/mol. The number of anilines is 2. The lowest BCUT2D eigenvalue weighted by Gasteiger charge is -2.28. The molecule has 1 N–H and O–H groups in total. The molecule has 1 unspecified atom stereocenters. The number of rotatable bonds is 6. The van der Waals surface area contributed by atoms with Crippen molar-refractivity contribution in [2.45, 2.75) is 25.1 Å². The minimum Gasteiger partial charge on any atom is -0.322 e. The minimum absolute atomic E-state index is 0.0455. The Morgan fingerprint density at radius 3 is 2.61 bits per heavy atom. The van der Waals surface area contributed by atoms with Crippen molar-refractivity contribution in [3.63, 3.8) is 0 Å². The first-order valence-electron chi connectivity index (χ1n) is 10.5. The normalized spacial score (nSPS) is 15.7. The molecule has 7 nitrogen and oxygen atoms in total. The van der Waals surface area contributed by atoms with E-state index in [0.29, 0.717) is 11.4 Å². The predicted octanol–water partition coefficient (Wildman–Crippen LogP) is 5.75. The first-order valence-corrected chi connectivity index (χ1v) is 11.6. The van der Waals surface area contributed by atoms with Crippen molar-refractivity contribution in [3.05, 3.63) is 99.6 Å². The Labute approximate surface area is 196 Å². The number of nitro benzene ring substituents is 1. The van der Waals surface area contributed by atoms with E-state index in [2.05, 4.69) is 19.2 Å². The lowest BCUT2D eigenvalue weighted by Crippen LogP contribution is -2.29. The van der Waals surface area contributed by atoms with Crippen LogP contribution in [0.4, 0.5) is 17.1 Å². The number of hydrogen-bond acceptors (Lipinski definition) is 5. The van der Waals surface area contributed by atoms with Crippen LogP contribution in [0.3, 0.4) is 0 Å². The topological polar surface area (TPSA) is 92.6 Å².